The fraction of sp³-hybridized carbons (Fsp3) is 0.333. The molecular weight excluding hydrogens is 372 g/mol. The standard InChI is InChI=1S/C15H15ClN2O4S2/c1-8-15(23-9(2)17-8)24(20,21)18-14(19)11-5-10-6-12(16)3-4-13(10)22-7-11/h3-4,6,11H,5,7H2,1-2H3,(H,18,19)/t11-/m1/s1. The van der Waals surface area contributed by atoms with E-state index in [-0.39, 0.29) is 10.8 Å². The van der Waals surface area contributed by atoms with Crippen LogP contribution >= 0.6 is 22.9 Å². The van der Waals surface area contributed by atoms with Gasteiger partial charge in [-0.2, -0.15) is 0 Å². The Morgan fingerprint density at radius 2 is 2.17 bits per heavy atom. The fourth-order valence-electron chi connectivity index (χ4n) is 2.56. The van der Waals surface area contributed by atoms with Gasteiger partial charge in [-0.05, 0) is 44.0 Å². The highest BCUT2D eigenvalue weighted by molar-refractivity contribution is 7.92. The third-order valence-corrected chi connectivity index (χ3v) is 6.90. The van der Waals surface area contributed by atoms with E-state index in [1.165, 1.54) is 0 Å². The van der Waals surface area contributed by atoms with Crippen LogP contribution in [0.15, 0.2) is 22.4 Å². The number of benzene rings is 1. The van der Waals surface area contributed by atoms with E-state index in [0.717, 1.165) is 16.9 Å². The van der Waals surface area contributed by atoms with Crippen LogP contribution < -0.4 is 9.46 Å². The van der Waals surface area contributed by atoms with Crippen molar-refractivity contribution in [1.29, 1.82) is 0 Å². The number of thiazole rings is 1. The van der Waals surface area contributed by atoms with Crippen molar-refractivity contribution in [3.63, 3.8) is 0 Å². The van der Waals surface area contributed by atoms with Crippen LogP contribution in [0.2, 0.25) is 5.02 Å². The van der Waals surface area contributed by atoms with Crippen molar-refractivity contribution in [3.8, 4) is 5.75 Å². The van der Waals surface area contributed by atoms with Crippen LogP contribution in [-0.2, 0) is 21.2 Å². The average molecular weight is 387 g/mol. The number of nitrogens with zero attached hydrogens (tertiary/aromatic N) is 1. The lowest BCUT2D eigenvalue weighted by Gasteiger charge is -2.24. The number of carbonyl (C=O) groups is 1. The first kappa shape index (κ1) is 17.2. The number of halogens is 1. The monoisotopic (exact) mass is 386 g/mol. The van der Waals surface area contributed by atoms with Gasteiger partial charge in [0.15, 0.2) is 4.21 Å². The molecule has 1 atom stereocenters. The van der Waals surface area contributed by atoms with E-state index < -0.39 is 21.8 Å². The lowest BCUT2D eigenvalue weighted by Crippen LogP contribution is -2.40. The van der Waals surface area contributed by atoms with Crippen molar-refractivity contribution in [2.75, 3.05) is 6.61 Å². The zero-order valence-corrected chi connectivity index (χ0v) is 15.4. The SMILES string of the molecule is Cc1nc(C)c(S(=O)(=O)NC(=O)[C@H]2COc3ccc(Cl)cc3C2)s1. The normalized spacial score (nSPS) is 17.0. The van der Waals surface area contributed by atoms with E-state index >= 15 is 0 Å². The molecule has 1 aromatic carbocycles. The molecule has 2 aromatic rings. The Labute approximate surface area is 148 Å². The smallest absolute Gasteiger partial charge is 0.275 e. The van der Waals surface area contributed by atoms with Crippen molar-refractivity contribution < 1.29 is 17.9 Å². The van der Waals surface area contributed by atoms with E-state index in [0.29, 0.717) is 27.9 Å². The molecule has 6 nitrogen and oxygen atoms in total. The third-order valence-electron chi connectivity index (χ3n) is 3.64. The van der Waals surface area contributed by atoms with Crippen molar-refractivity contribution >= 4 is 38.9 Å². The number of hydrogen-bond donors (Lipinski definition) is 1. The number of rotatable bonds is 3. The van der Waals surface area contributed by atoms with Crippen LogP contribution in [0.25, 0.3) is 0 Å². The number of nitrogens with one attached hydrogen (secondary N) is 1. The highest BCUT2D eigenvalue weighted by Crippen LogP contribution is 2.30. The van der Waals surface area contributed by atoms with Gasteiger partial charge in [-0.1, -0.05) is 11.6 Å². The fourth-order valence-corrected chi connectivity index (χ4v) is 5.28. The Balaban J connectivity index is 1.77. The van der Waals surface area contributed by atoms with Crippen LogP contribution in [0.1, 0.15) is 16.3 Å². The Kier molecular flexibility index (Phi) is 4.54. The first-order chi connectivity index (χ1) is 11.3. The molecule has 0 fully saturated rings. The molecule has 0 saturated heterocycles. The number of amides is 1. The van der Waals surface area contributed by atoms with Crippen molar-refractivity contribution in [1.82, 2.24) is 9.71 Å². The minimum Gasteiger partial charge on any atom is -0.492 e. The molecule has 0 radical (unpaired) electrons. The van der Waals surface area contributed by atoms with Crippen LogP contribution in [-0.4, -0.2) is 25.9 Å². The molecule has 0 aliphatic carbocycles. The number of hydrogen-bond acceptors (Lipinski definition) is 6. The number of ether oxygens (including phenoxy) is 1. The third kappa shape index (κ3) is 3.40. The maximum absolute atomic E-state index is 12.4. The maximum atomic E-state index is 12.4. The van der Waals surface area contributed by atoms with Gasteiger partial charge in [-0.25, -0.2) is 18.1 Å². The number of fused-ring (bicyclic) bond motifs is 1. The Morgan fingerprint density at radius 3 is 2.83 bits per heavy atom. The van der Waals surface area contributed by atoms with Gasteiger partial charge in [0.1, 0.15) is 12.4 Å². The summed E-state index contributed by atoms with van der Waals surface area (Å²) in [6.07, 6.45) is 0.373. The minimum absolute atomic E-state index is 0.0634. The minimum atomic E-state index is -3.93. The molecule has 1 aromatic heterocycles. The summed E-state index contributed by atoms with van der Waals surface area (Å²) in [6, 6.07) is 5.17. The molecule has 0 bridgehead atoms. The molecule has 1 N–H and O–H groups in total. The van der Waals surface area contributed by atoms with E-state index in [4.69, 9.17) is 16.3 Å². The molecule has 0 unspecified atom stereocenters. The van der Waals surface area contributed by atoms with Gasteiger partial charge < -0.3 is 4.74 Å². The number of aromatic nitrogens is 1. The molecule has 1 aliphatic heterocycles. The Hall–Kier alpha value is -1.64. The van der Waals surface area contributed by atoms with E-state index in [1.54, 1.807) is 32.0 Å². The molecule has 24 heavy (non-hydrogen) atoms. The van der Waals surface area contributed by atoms with Crippen molar-refractivity contribution in [2.24, 2.45) is 5.92 Å². The lowest BCUT2D eigenvalue weighted by atomic mass is 9.96. The van der Waals surface area contributed by atoms with Gasteiger partial charge in [0.05, 0.1) is 16.6 Å². The summed E-state index contributed by atoms with van der Waals surface area (Å²) in [5.74, 6) is -0.522. The first-order valence-electron chi connectivity index (χ1n) is 7.18. The average Bonchev–Trinajstić information content (AvgIpc) is 2.85. The predicted octanol–water partition coefficient (Wildman–Crippen LogP) is 2.47. The molecule has 128 valence electrons. The molecule has 9 heteroatoms. The topological polar surface area (TPSA) is 85.4 Å². The predicted molar refractivity (Wildman–Crippen MR) is 91.1 cm³/mol. The number of aryl methyl sites for hydroxylation is 2. The lowest BCUT2D eigenvalue weighted by molar-refractivity contribution is -0.124. The quantitative estimate of drug-likeness (QED) is 0.875. The molecular formula is C15H15ClN2O4S2. The van der Waals surface area contributed by atoms with Gasteiger partial charge in [0.25, 0.3) is 10.0 Å². The Bertz CT molecular complexity index is 908. The first-order valence-corrected chi connectivity index (χ1v) is 9.86. The zero-order chi connectivity index (χ0) is 17.5. The van der Waals surface area contributed by atoms with Gasteiger partial charge >= 0.3 is 0 Å². The summed E-state index contributed by atoms with van der Waals surface area (Å²) in [4.78, 5) is 16.5. The second-order valence-electron chi connectivity index (χ2n) is 5.54. The molecule has 1 aliphatic rings. The molecule has 0 spiro atoms. The summed E-state index contributed by atoms with van der Waals surface area (Å²) in [5.41, 5.74) is 1.17. The van der Waals surface area contributed by atoms with Gasteiger partial charge in [-0.3, -0.25) is 4.79 Å². The van der Waals surface area contributed by atoms with Gasteiger partial charge in [0.2, 0.25) is 5.91 Å². The van der Waals surface area contributed by atoms with Gasteiger partial charge in [0, 0.05) is 5.02 Å². The van der Waals surface area contributed by atoms with Crippen LogP contribution in [0.4, 0.5) is 0 Å². The summed E-state index contributed by atoms with van der Waals surface area (Å²) >= 11 is 6.99. The second kappa shape index (κ2) is 6.34. The molecule has 3 rings (SSSR count). The molecule has 1 amide bonds. The molecule has 2 heterocycles. The summed E-state index contributed by atoms with van der Waals surface area (Å²) in [6.45, 7) is 3.44. The summed E-state index contributed by atoms with van der Waals surface area (Å²) < 4.78 is 32.5. The van der Waals surface area contributed by atoms with Crippen molar-refractivity contribution in [3.05, 3.63) is 39.5 Å². The van der Waals surface area contributed by atoms with Crippen LogP contribution in [0, 0.1) is 19.8 Å². The van der Waals surface area contributed by atoms with Gasteiger partial charge in [-0.15, -0.1) is 11.3 Å². The van der Waals surface area contributed by atoms with Crippen molar-refractivity contribution in [2.45, 2.75) is 24.5 Å². The second-order valence-corrected chi connectivity index (χ2v) is 9.06. The summed E-state index contributed by atoms with van der Waals surface area (Å²) in [5, 5.41) is 1.17. The van der Waals surface area contributed by atoms with E-state index in [9.17, 15) is 13.2 Å². The highest BCUT2D eigenvalue weighted by Gasteiger charge is 2.31. The van der Waals surface area contributed by atoms with Crippen LogP contribution in [0.3, 0.4) is 0 Å². The van der Waals surface area contributed by atoms with Crippen LogP contribution in [0.5, 0.6) is 5.75 Å². The van der Waals surface area contributed by atoms with E-state index in [1.807, 2.05) is 0 Å². The number of carbonyl (C=O) groups excluding carboxylic acids is 1. The molecule has 0 saturated carbocycles. The largest absolute Gasteiger partial charge is 0.492 e. The van der Waals surface area contributed by atoms with E-state index in [2.05, 4.69) is 9.71 Å². The number of sulfonamides is 1. The summed E-state index contributed by atoms with van der Waals surface area (Å²) in [7, 11) is -3.93. The Morgan fingerprint density at radius 1 is 1.42 bits per heavy atom. The highest BCUT2D eigenvalue weighted by atomic mass is 35.5. The zero-order valence-electron chi connectivity index (χ0n) is 13.0. The maximum Gasteiger partial charge on any atom is 0.275 e.